The minimum Gasteiger partial charge on any atom is -0.396 e. The highest BCUT2D eigenvalue weighted by Gasteiger charge is 2.51. The monoisotopic (exact) mass is 362 g/mol. The number of pyridine rings is 3. The molecule has 3 N–H and O–H groups in total. The molecule has 1 fully saturated rings. The molecule has 4 rings (SSSR count). The van der Waals surface area contributed by atoms with E-state index < -0.39 is 5.41 Å². The second-order valence-corrected chi connectivity index (χ2v) is 7.44. The summed E-state index contributed by atoms with van der Waals surface area (Å²) in [6.45, 7) is 4.03. The zero-order chi connectivity index (χ0) is 19.2. The van der Waals surface area contributed by atoms with Gasteiger partial charge in [-0.25, -0.2) is 0 Å². The van der Waals surface area contributed by atoms with E-state index in [-0.39, 0.29) is 18.4 Å². The van der Waals surface area contributed by atoms with Crippen LogP contribution in [0.25, 0.3) is 22.0 Å². The van der Waals surface area contributed by atoms with Crippen molar-refractivity contribution in [3.63, 3.8) is 0 Å². The summed E-state index contributed by atoms with van der Waals surface area (Å²) in [7, 11) is 0. The molecule has 1 amide bonds. The summed E-state index contributed by atoms with van der Waals surface area (Å²) in [5, 5.41) is 11.2. The van der Waals surface area contributed by atoms with E-state index >= 15 is 0 Å². The first-order chi connectivity index (χ1) is 12.9. The first-order valence-electron chi connectivity index (χ1n) is 9.08. The number of amides is 1. The third kappa shape index (κ3) is 2.96. The Morgan fingerprint density at radius 1 is 1.15 bits per heavy atom. The van der Waals surface area contributed by atoms with Crippen molar-refractivity contribution in [2.24, 2.45) is 5.73 Å². The number of rotatable bonds is 5. The Bertz CT molecular complexity index is 1040. The van der Waals surface area contributed by atoms with Crippen molar-refractivity contribution in [1.82, 2.24) is 15.0 Å². The van der Waals surface area contributed by atoms with E-state index in [9.17, 15) is 9.90 Å². The molecule has 1 aliphatic rings. The van der Waals surface area contributed by atoms with Gasteiger partial charge in [0.25, 0.3) is 0 Å². The fraction of sp³-hybridized carbons (Fsp3) is 0.333. The van der Waals surface area contributed by atoms with Gasteiger partial charge in [-0.05, 0) is 43.5 Å². The minimum atomic E-state index is -0.591. The highest BCUT2D eigenvalue weighted by atomic mass is 16.3. The van der Waals surface area contributed by atoms with E-state index in [1.165, 1.54) is 0 Å². The molecule has 1 atom stereocenters. The maximum Gasteiger partial charge on any atom is 0.229 e. The molecule has 138 valence electrons. The molecule has 3 aromatic rings. The molecule has 0 radical (unpaired) electrons. The fourth-order valence-electron chi connectivity index (χ4n) is 3.41. The van der Waals surface area contributed by atoms with Gasteiger partial charge in [-0.15, -0.1) is 0 Å². The number of carbonyl (C=O) groups excluding carboxylic acids is 1. The number of aromatic nitrogens is 3. The predicted molar refractivity (Wildman–Crippen MR) is 103 cm³/mol. The molecule has 3 heterocycles. The van der Waals surface area contributed by atoms with Crippen LogP contribution in [-0.2, 0) is 10.2 Å². The molecule has 27 heavy (non-hydrogen) atoms. The van der Waals surface area contributed by atoms with Gasteiger partial charge in [0.05, 0.1) is 23.4 Å². The van der Waals surface area contributed by atoms with Crippen LogP contribution in [-0.4, -0.2) is 32.6 Å². The lowest BCUT2D eigenvalue weighted by Gasteiger charge is -2.13. The number of aliphatic hydroxyl groups excluding tert-OH is 1. The Morgan fingerprint density at radius 3 is 2.48 bits per heavy atom. The average Bonchev–Trinajstić information content (AvgIpc) is 3.48. The zero-order valence-corrected chi connectivity index (χ0v) is 15.4. The normalized spacial score (nSPS) is 16.3. The van der Waals surface area contributed by atoms with E-state index in [1.54, 1.807) is 18.6 Å². The smallest absolute Gasteiger partial charge is 0.229 e. The molecule has 0 bridgehead atoms. The lowest BCUT2D eigenvalue weighted by atomic mass is 9.98. The lowest BCUT2D eigenvalue weighted by molar-refractivity contribution is -0.120. The van der Waals surface area contributed by atoms with E-state index in [1.807, 2.05) is 32.0 Å². The van der Waals surface area contributed by atoms with E-state index in [0.29, 0.717) is 0 Å². The number of hydrogen-bond acceptors (Lipinski definition) is 5. The van der Waals surface area contributed by atoms with Gasteiger partial charge in [0.2, 0.25) is 5.91 Å². The van der Waals surface area contributed by atoms with Crippen molar-refractivity contribution in [3.05, 3.63) is 53.7 Å². The summed E-state index contributed by atoms with van der Waals surface area (Å²) in [4.78, 5) is 25.3. The fourth-order valence-corrected chi connectivity index (χ4v) is 3.41. The molecular weight excluding hydrogens is 340 g/mol. The van der Waals surface area contributed by atoms with Crippen LogP contribution < -0.4 is 5.73 Å². The maximum absolute atomic E-state index is 11.7. The second kappa shape index (κ2) is 6.39. The topological polar surface area (TPSA) is 102 Å². The highest BCUT2D eigenvalue weighted by Crippen LogP contribution is 2.47. The largest absolute Gasteiger partial charge is 0.396 e. The van der Waals surface area contributed by atoms with Gasteiger partial charge in [0, 0.05) is 46.5 Å². The Hall–Kier alpha value is -2.86. The maximum atomic E-state index is 11.7. The zero-order valence-electron chi connectivity index (χ0n) is 15.4. The molecule has 1 saturated carbocycles. The molecular formula is C21H22N4O2. The molecule has 0 spiro atoms. The van der Waals surface area contributed by atoms with Crippen molar-refractivity contribution >= 4 is 16.7 Å². The predicted octanol–water partition coefficient (Wildman–Crippen LogP) is 2.61. The second-order valence-electron chi connectivity index (χ2n) is 7.44. The first kappa shape index (κ1) is 17.5. The molecule has 1 unspecified atom stereocenters. The molecule has 0 saturated heterocycles. The first-order valence-corrected chi connectivity index (χ1v) is 9.08. The molecule has 6 nitrogen and oxygen atoms in total. The van der Waals surface area contributed by atoms with Gasteiger partial charge < -0.3 is 10.8 Å². The lowest BCUT2D eigenvalue weighted by Crippen LogP contribution is -2.29. The third-order valence-electron chi connectivity index (χ3n) is 5.50. The van der Waals surface area contributed by atoms with Crippen molar-refractivity contribution in [2.75, 3.05) is 6.61 Å². The summed E-state index contributed by atoms with van der Waals surface area (Å²) in [6, 6.07) is 5.89. The van der Waals surface area contributed by atoms with Crippen LogP contribution in [0.15, 0.2) is 36.8 Å². The van der Waals surface area contributed by atoms with E-state index in [4.69, 9.17) is 5.73 Å². The Balaban J connectivity index is 1.71. The number of nitrogens with zero attached hydrogens (tertiary/aromatic N) is 3. The van der Waals surface area contributed by atoms with Gasteiger partial charge in [-0.1, -0.05) is 6.92 Å². The SMILES string of the molecule is Cc1cc(C(C)CO)ncc1-c1cc2cnc(C3(C(N)=O)CC3)cc2cn1. The summed E-state index contributed by atoms with van der Waals surface area (Å²) in [5.41, 5.74) is 9.39. The van der Waals surface area contributed by atoms with Crippen molar-refractivity contribution in [1.29, 1.82) is 0 Å². The summed E-state index contributed by atoms with van der Waals surface area (Å²) in [6.07, 6.45) is 6.91. The highest BCUT2D eigenvalue weighted by molar-refractivity contribution is 5.91. The number of carbonyl (C=O) groups is 1. The van der Waals surface area contributed by atoms with Gasteiger partial charge in [0.1, 0.15) is 0 Å². The average molecular weight is 362 g/mol. The van der Waals surface area contributed by atoms with Gasteiger partial charge in [-0.3, -0.25) is 19.7 Å². The number of aliphatic hydroxyl groups is 1. The summed E-state index contributed by atoms with van der Waals surface area (Å²) in [5.74, 6) is -0.303. The molecule has 1 aliphatic carbocycles. The molecule has 6 heteroatoms. The van der Waals surface area contributed by atoms with Crippen LogP contribution in [0.5, 0.6) is 0 Å². The van der Waals surface area contributed by atoms with Crippen LogP contribution in [0.2, 0.25) is 0 Å². The molecule has 3 aromatic heterocycles. The van der Waals surface area contributed by atoms with Gasteiger partial charge in [-0.2, -0.15) is 0 Å². The van der Waals surface area contributed by atoms with E-state index in [0.717, 1.165) is 51.8 Å². The summed E-state index contributed by atoms with van der Waals surface area (Å²) >= 11 is 0. The third-order valence-corrected chi connectivity index (χ3v) is 5.50. The van der Waals surface area contributed by atoms with Gasteiger partial charge >= 0.3 is 0 Å². The van der Waals surface area contributed by atoms with Crippen molar-refractivity contribution in [3.8, 4) is 11.3 Å². The standard InChI is InChI=1S/C21H22N4O2/c1-12-5-17(13(2)11-26)24-10-16(12)18-6-14-9-25-19(7-15(14)8-23-18)21(3-4-21)20(22)27/h5-10,13,26H,3-4,11H2,1-2H3,(H2,22,27). The Kier molecular flexibility index (Phi) is 4.15. The van der Waals surface area contributed by atoms with E-state index in [2.05, 4.69) is 15.0 Å². The van der Waals surface area contributed by atoms with Crippen LogP contribution in [0.3, 0.4) is 0 Å². The number of primary amides is 1. The number of hydrogen-bond donors (Lipinski definition) is 2. The van der Waals surface area contributed by atoms with Crippen molar-refractivity contribution in [2.45, 2.75) is 38.0 Å². The molecule has 0 aliphatic heterocycles. The minimum absolute atomic E-state index is 0.00457. The van der Waals surface area contributed by atoms with Crippen LogP contribution >= 0.6 is 0 Å². The van der Waals surface area contributed by atoms with Crippen LogP contribution in [0.1, 0.15) is 42.6 Å². The van der Waals surface area contributed by atoms with Crippen LogP contribution in [0.4, 0.5) is 0 Å². The summed E-state index contributed by atoms with van der Waals surface area (Å²) < 4.78 is 0. The number of aryl methyl sites for hydroxylation is 1. The number of nitrogens with two attached hydrogens (primary N) is 1. The van der Waals surface area contributed by atoms with Crippen molar-refractivity contribution < 1.29 is 9.90 Å². The molecule has 0 aromatic carbocycles. The van der Waals surface area contributed by atoms with Crippen LogP contribution in [0, 0.1) is 6.92 Å². The Morgan fingerprint density at radius 2 is 1.85 bits per heavy atom. The quantitative estimate of drug-likeness (QED) is 0.726. The number of fused-ring (bicyclic) bond motifs is 1. The Labute approximate surface area is 157 Å². The van der Waals surface area contributed by atoms with Gasteiger partial charge in [0.15, 0.2) is 0 Å².